The molecule has 3 aromatic rings. The lowest BCUT2D eigenvalue weighted by atomic mass is 10.1. The van der Waals surface area contributed by atoms with Crippen LogP contribution in [0.5, 0.6) is 0 Å². The third kappa shape index (κ3) is 5.05. The number of benzene rings is 2. The van der Waals surface area contributed by atoms with Crippen molar-refractivity contribution in [1.82, 2.24) is 9.78 Å². The highest BCUT2D eigenvalue weighted by atomic mass is 32.2. The van der Waals surface area contributed by atoms with Gasteiger partial charge < -0.3 is 10.1 Å². The van der Waals surface area contributed by atoms with Crippen molar-refractivity contribution in [2.45, 2.75) is 32.6 Å². The molecule has 168 valence electrons. The van der Waals surface area contributed by atoms with Crippen molar-refractivity contribution >= 4 is 27.4 Å². The quantitative estimate of drug-likeness (QED) is 0.572. The van der Waals surface area contributed by atoms with Gasteiger partial charge in [-0.2, -0.15) is 5.10 Å². The number of rotatable bonds is 6. The zero-order valence-corrected chi connectivity index (χ0v) is 19.4. The molecule has 0 aliphatic rings. The predicted octanol–water partition coefficient (Wildman–Crippen LogP) is 3.30. The summed E-state index contributed by atoms with van der Waals surface area (Å²) in [5.74, 6) is -1.29. The van der Waals surface area contributed by atoms with E-state index in [2.05, 4.69) is 10.4 Å². The van der Waals surface area contributed by atoms with E-state index in [4.69, 9.17) is 4.74 Å². The topological polar surface area (TPSA) is 107 Å². The molecule has 3 rings (SSSR count). The van der Waals surface area contributed by atoms with Gasteiger partial charge in [-0.15, -0.1) is 0 Å². The van der Waals surface area contributed by atoms with Gasteiger partial charge in [-0.25, -0.2) is 17.9 Å². The molecule has 32 heavy (non-hydrogen) atoms. The van der Waals surface area contributed by atoms with E-state index in [1.165, 1.54) is 18.2 Å². The van der Waals surface area contributed by atoms with Crippen LogP contribution in [0, 0.1) is 27.7 Å². The Bertz CT molecular complexity index is 1290. The molecular formula is C23H25N3O5S. The standard InChI is InChI=1S/C23H25N3O5S/c1-14-6-9-18(10-7-14)26-17(4)22(16(3)25-26)24-21(27)13-31-23(28)20-12-19(32(5,29)30)11-8-15(20)2/h6-12H,13H2,1-5H3,(H,24,27). The van der Waals surface area contributed by atoms with E-state index in [-0.39, 0.29) is 10.5 Å². The summed E-state index contributed by atoms with van der Waals surface area (Å²) in [5, 5.41) is 7.23. The van der Waals surface area contributed by atoms with Crippen molar-refractivity contribution in [2.24, 2.45) is 0 Å². The second-order valence-corrected chi connectivity index (χ2v) is 9.68. The summed E-state index contributed by atoms with van der Waals surface area (Å²) in [4.78, 5) is 24.9. The van der Waals surface area contributed by atoms with Crippen LogP contribution in [-0.4, -0.2) is 42.9 Å². The van der Waals surface area contributed by atoms with E-state index in [1.54, 1.807) is 18.5 Å². The predicted molar refractivity (Wildman–Crippen MR) is 121 cm³/mol. The number of aryl methyl sites for hydroxylation is 3. The molecule has 0 radical (unpaired) electrons. The summed E-state index contributed by atoms with van der Waals surface area (Å²) in [5.41, 5.74) is 4.55. The molecule has 2 aromatic carbocycles. The average Bonchev–Trinajstić information content (AvgIpc) is 3.00. The first kappa shape index (κ1) is 23.2. The number of sulfone groups is 1. The van der Waals surface area contributed by atoms with Crippen molar-refractivity contribution in [3.05, 3.63) is 70.5 Å². The number of esters is 1. The smallest absolute Gasteiger partial charge is 0.338 e. The Kier molecular flexibility index (Phi) is 6.50. The first-order chi connectivity index (χ1) is 15.0. The highest BCUT2D eigenvalue weighted by Crippen LogP contribution is 2.23. The number of carbonyl (C=O) groups is 2. The molecule has 1 heterocycles. The van der Waals surface area contributed by atoms with Crippen LogP contribution in [0.1, 0.15) is 32.9 Å². The van der Waals surface area contributed by atoms with Crippen LogP contribution in [-0.2, 0) is 19.4 Å². The van der Waals surface area contributed by atoms with Crippen LogP contribution < -0.4 is 5.32 Å². The lowest BCUT2D eigenvalue weighted by Crippen LogP contribution is -2.22. The fourth-order valence-electron chi connectivity index (χ4n) is 3.20. The Morgan fingerprint density at radius 3 is 2.31 bits per heavy atom. The minimum Gasteiger partial charge on any atom is -0.452 e. The van der Waals surface area contributed by atoms with E-state index in [0.29, 0.717) is 16.9 Å². The molecule has 0 saturated carbocycles. The summed E-state index contributed by atoms with van der Waals surface area (Å²) in [6.45, 7) is 6.75. The van der Waals surface area contributed by atoms with Crippen LogP contribution in [0.4, 0.5) is 5.69 Å². The molecule has 0 atom stereocenters. The van der Waals surface area contributed by atoms with Crippen LogP contribution in [0.25, 0.3) is 5.69 Å². The SMILES string of the molecule is Cc1ccc(-n2nc(C)c(NC(=O)COC(=O)c3cc(S(C)(=O)=O)ccc3C)c2C)cc1. The minimum absolute atomic E-state index is 0.00858. The number of nitrogens with one attached hydrogen (secondary N) is 1. The number of aromatic nitrogens is 2. The molecular weight excluding hydrogens is 430 g/mol. The number of amides is 1. The largest absolute Gasteiger partial charge is 0.452 e. The lowest BCUT2D eigenvalue weighted by molar-refractivity contribution is -0.119. The van der Waals surface area contributed by atoms with Crippen LogP contribution in [0.15, 0.2) is 47.4 Å². The molecule has 9 heteroatoms. The van der Waals surface area contributed by atoms with Gasteiger partial charge in [-0.05, 0) is 57.5 Å². The molecule has 0 aliphatic heterocycles. The molecule has 0 aliphatic carbocycles. The second-order valence-electron chi connectivity index (χ2n) is 7.67. The maximum absolute atomic E-state index is 12.4. The summed E-state index contributed by atoms with van der Waals surface area (Å²) in [6.07, 6.45) is 1.06. The third-order valence-corrected chi connectivity index (χ3v) is 6.14. The van der Waals surface area contributed by atoms with E-state index in [1.807, 2.05) is 38.1 Å². The molecule has 0 unspecified atom stereocenters. The minimum atomic E-state index is -3.48. The highest BCUT2D eigenvalue weighted by Gasteiger charge is 2.19. The van der Waals surface area contributed by atoms with Crippen molar-refractivity contribution in [1.29, 1.82) is 0 Å². The number of anilines is 1. The molecule has 1 N–H and O–H groups in total. The average molecular weight is 456 g/mol. The van der Waals surface area contributed by atoms with Gasteiger partial charge >= 0.3 is 5.97 Å². The summed E-state index contributed by atoms with van der Waals surface area (Å²) < 4.78 is 30.4. The first-order valence-corrected chi connectivity index (χ1v) is 11.8. The third-order valence-electron chi connectivity index (χ3n) is 5.03. The Morgan fingerprint density at radius 2 is 1.69 bits per heavy atom. The second kappa shape index (κ2) is 8.96. The van der Waals surface area contributed by atoms with Gasteiger partial charge in [0, 0.05) is 6.26 Å². The van der Waals surface area contributed by atoms with Gasteiger partial charge in [0.1, 0.15) is 0 Å². The van der Waals surface area contributed by atoms with Crippen molar-refractivity contribution in [3.8, 4) is 5.69 Å². The van der Waals surface area contributed by atoms with Crippen LogP contribution >= 0.6 is 0 Å². The summed E-state index contributed by atoms with van der Waals surface area (Å²) in [7, 11) is -3.48. The first-order valence-electron chi connectivity index (χ1n) is 9.88. The summed E-state index contributed by atoms with van der Waals surface area (Å²) in [6, 6.07) is 12.0. The monoisotopic (exact) mass is 455 g/mol. The van der Waals surface area contributed by atoms with E-state index in [9.17, 15) is 18.0 Å². The summed E-state index contributed by atoms with van der Waals surface area (Å²) >= 11 is 0. The van der Waals surface area contributed by atoms with E-state index < -0.39 is 28.3 Å². The number of carbonyl (C=O) groups excluding carboxylic acids is 2. The number of ether oxygens (including phenoxy) is 1. The highest BCUT2D eigenvalue weighted by molar-refractivity contribution is 7.90. The van der Waals surface area contributed by atoms with Crippen LogP contribution in [0.2, 0.25) is 0 Å². The molecule has 1 amide bonds. The van der Waals surface area contributed by atoms with Gasteiger partial charge in [0.25, 0.3) is 5.91 Å². The lowest BCUT2D eigenvalue weighted by Gasteiger charge is -2.10. The van der Waals surface area contributed by atoms with Crippen molar-refractivity contribution in [3.63, 3.8) is 0 Å². The zero-order valence-electron chi connectivity index (χ0n) is 18.6. The van der Waals surface area contributed by atoms with Gasteiger partial charge in [-0.3, -0.25) is 4.79 Å². The van der Waals surface area contributed by atoms with Gasteiger partial charge in [-0.1, -0.05) is 23.8 Å². The van der Waals surface area contributed by atoms with Gasteiger partial charge in [0.05, 0.1) is 33.2 Å². The van der Waals surface area contributed by atoms with Crippen molar-refractivity contribution < 1.29 is 22.7 Å². The molecule has 0 saturated heterocycles. The zero-order chi connectivity index (χ0) is 23.6. The maximum atomic E-state index is 12.4. The number of hydrogen-bond acceptors (Lipinski definition) is 6. The van der Waals surface area contributed by atoms with E-state index >= 15 is 0 Å². The Labute approximate surface area is 187 Å². The fraction of sp³-hybridized carbons (Fsp3) is 0.261. The van der Waals surface area contributed by atoms with Gasteiger partial charge in [0.2, 0.25) is 0 Å². The maximum Gasteiger partial charge on any atom is 0.338 e. The number of nitrogens with zero attached hydrogens (tertiary/aromatic N) is 2. The number of hydrogen-bond donors (Lipinski definition) is 1. The molecule has 0 fully saturated rings. The Morgan fingerprint density at radius 1 is 1.03 bits per heavy atom. The van der Waals surface area contributed by atoms with E-state index in [0.717, 1.165) is 23.2 Å². The Balaban J connectivity index is 1.71. The molecule has 8 nitrogen and oxygen atoms in total. The molecule has 0 bridgehead atoms. The normalized spacial score (nSPS) is 11.3. The molecule has 1 aromatic heterocycles. The van der Waals surface area contributed by atoms with Crippen molar-refractivity contribution in [2.75, 3.05) is 18.2 Å². The van der Waals surface area contributed by atoms with Crippen LogP contribution in [0.3, 0.4) is 0 Å². The molecule has 0 spiro atoms. The fourth-order valence-corrected chi connectivity index (χ4v) is 3.84. The Hall–Kier alpha value is -3.46. The van der Waals surface area contributed by atoms with Gasteiger partial charge in [0.15, 0.2) is 16.4 Å².